The third-order valence-electron chi connectivity index (χ3n) is 2.72. The zero-order valence-electron chi connectivity index (χ0n) is 9.83. The van der Waals surface area contributed by atoms with Crippen molar-refractivity contribution in [3.05, 3.63) is 65.2 Å². The van der Waals surface area contributed by atoms with Gasteiger partial charge in [-0.25, -0.2) is 0 Å². The molecule has 0 radical (unpaired) electrons. The van der Waals surface area contributed by atoms with E-state index in [0.717, 1.165) is 6.54 Å². The van der Waals surface area contributed by atoms with Crippen molar-refractivity contribution < 1.29 is 0 Å². The number of anilines is 1. The van der Waals surface area contributed by atoms with Crippen molar-refractivity contribution in [2.75, 3.05) is 5.32 Å². The fourth-order valence-electron chi connectivity index (χ4n) is 1.72. The number of nitrogens with one attached hydrogen (secondary N) is 1. The molecule has 0 heterocycles. The Morgan fingerprint density at radius 3 is 2.44 bits per heavy atom. The van der Waals surface area contributed by atoms with Gasteiger partial charge in [0.05, 0.1) is 0 Å². The molecule has 0 atom stereocenters. The van der Waals surface area contributed by atoms with Gasteiger partial charge in [-0.05, 0) is 36.6 Å². The Morgan fingerprint density at radius 2 is 1.69 bits per heavy atom. The van der Waals surface area contributed by atoms with Crippen LogP contribution in [0.25, 0.3) is 0 Å². The van der Waals surface area contributed by atoms with Crippen LogP contribution in [0.2, 0.25) is 0 Å². The van der Waals surface area contributed by atoms with Crippen LogP contribution in [0.3, 0.4) is 0 Å². The van der Waals surface area contributed by atoms with Gasteiger partial charge in [0, 0.05) is 12.2 Å². The van der Waals surface area contributed by atoms with Crippen molar-refractivity contribution in [1.29, 1.82) is 0 Å². The van der Waals surface area contributed by atoms with Crippen molar-refractivity contribution in [2.24, 2.45) is 0 Å². The van der Waals surface area contributed by atoms with Gasteiger partial charge in [0.1, 0.15) is 0 Å². The smallest absolute Gasteiger partial charge is 0.0400 e. The van der Waals surface area contributed by atoms with Crippen molar-refractivity contribution >= 4 is 5.69 Å². The van der Waals surface area contributed by atoms with Crippen LogP contribution in [0.15, 0.2) is 48.5 Å². The second-order valence-electron chi connectivity index (χ2n) is 4.16. The highest BCUT2D eigenvalue weighted by Gasteiger charge is 1.98. The summed E-state index contributed by atoms with van der Waals surface area (Å²) in [6.45, 7) is 5.13. The minimum atomic E-state index is 0.880. The second kappa shape index (κ2) is 4.84. The SMILES string of the molecule is Cc1ccc(C)c(NCc2ccccc2)c1. The van der Waals surface area contributed by atoms with E-state index in [-0.39, 0.29) is 0 Å². The van der Waals surface area contributed by atoms with Gasteiger partial charge in [-0.2, -0.15) is 0 Å². The molecule has 1 heteroatoms. The van der Waals surface area contributed by atoms with Gasteiger partial charge in [0.25, 0.3) is 0 Å². The van der Waals surface area contributed by atoms with Crippen LogP contribution < -0.4 is 5.32 Å². The molecule has 0 aliphatic rings. The van der Waals surface area contributed by atoms with E-state index in [1.54, 1.807) is 0 Å². The summed E-state index contributed by atoms with van der Waals surface area (Å²) in [5.74, 6) is 0. The van der Waals surface area contributed by atoms with Crippen molar-refractivity contribution in [3.63, 3.8) is 0 Å². The van der Waals surface area contributed by atoms with E-state index in [4.69, 9.17) is 0 Å². The Balaban J connectivity index is 2.08. The number of hydrogen-bond donors (Lipinski definition) is 1. The van der Waals surface area contributed by atoms with Crippen LogP contribution >= 0.6 is 0 Å². The number of rotatable bonds is 3. The third kappa shape index (κ3) is 2.63. The van der Waals surface area contributed by atoms with Gasteiger partial charge >= 0.3 is 0 Å². The molecule has 0 fully saturated rings. The molecular formula is C15H17N. The molecule has 2 aromatic rings. The lowest BCUT2D eigenvalue weighted by Crippen LogP contribution is -2.00. The number of hydrogen-bond acceptors (Lipinski definition) is 1. The normalized spacial score (nSPS) is 10.1. The summed E-state index contributed by atoms with van der Waals surface area (Å²) in [6.07, 6.45) is 0. The van der Waals surface area contributed by atoms with Gasteiger partial charge in [0.15, 0.2) is 0 Å². The Bertz CT molecular complexity index is 460. The largest absolute Gasteiger partial charge is 0.381 e. The summed E-state index contributed by atoms with van der Waals surface area (Å²) < 4.78 is 0. The van der Waals surface area contributed by atoms with Gasteiger partial charge < -0.3 is 5.32 Å². The van der Waals surface area contributed by atoms with E-state index in [1.807, 2.05) is 6.07 Å². The van der Waals surface area contributed by atoms with Crippen molar-refractivity contribution in [2.45, 2.75) is 20.4 Å². The molecule has 0 aromatic heterocycles. The van der Waals surface area contributed by atoms with Crippen LogP contribution in [0.4, 0.5) is 5.69 Å². The van der Waals surface area contributed by atoms with Crippen LogP contribution in [0, 0.1) is 13.8 Å². The Labute approximate surface area is 97.1 Å². The molecule has 0 spiro atoms. The molecule has 1 nitrogen and oxygen atoms in total. The first-order valence-corrected chi connectivity index (χ1v) is 5.61. The zero-order valence-corrected chi connectivity index (χ0v) is 9.83. The van der Waals surface area contributed by atoms with E-state index in [1.165, 1.54) is 22.4 Å². The number of aryl methyl sites for hydroxylation is 2. The molecule has 0 unspecified atom stereocenters. The van der Waals surface area contributed by atoms with Gasteiger partial charge in [-0.15, -0.1) is 0 Å². The quantitative estimate of drug-likeness (QED) is 0.811. The van der Waals surface area contributed by atoms with E-state index < -0.39 is 0 Å². The first-order valence-electron chi connectivity index (χ1n) is 5.61. The monoisotopic (exact) mass is 211 g/mol. The van der Waals surface area contributed by atoms with Crippen LogP contribution in [0.1, 0.15) is 16.7 Å². The fraction of sp³-hybridized carbons (Fsp3) is 0.200. The first-order chi connectivity index (χ1) is 7.75. The first kappa shape index (κ1) is 10.7. The molecule has 16 heavy (non-hydrogen) atoms. The molecule has 0 saturated heterocycles. The van der Waals surface area contributed by atoms with E-state index >= 15 is 0 Å². The minimum absolute atomic E-state index is 0.880. The Morgan fingerprint density at radius 1 is 0.938 bits per heavy atom. The maximum absolute atomic E-state index is 3.47. The highest BCUT2D eigenvalue weighted by Crippen LogP contribution is 2.17. The van der Waals surface area contributed by atoms with Crippen LogP contribution in [0.5, 0.6) is 0 Å². The standard InChI is InChI=1S/C15H17N/c1-12-8-9-13(2)15(10-12)16-11-14-6-4-3-5-7-14/h3-10,16H,11H2,1-2H3. The highest BCUT2D eigenvalue weighted by molar-refractivity contribution is 5.52. The van der Waals surface area contributed by atoms with Gasteiger partial charge in [-0.3, -0.25) is 0 Å². The molecule has 0 aliphatic heterocycles. The maximum atomic E-state index is 3.47. The Hall–Kier alpha value is -1.76. The topological polar surface area (TPSA) is 12.0 Å². The Kier molecular flexibility index (Phi) is 3.25. The summed E-state index contributed by atoms with van der Waals surface area (Å²) in [5.41, 5.74) is 5.12. The summed E-state index contributed by atoms with van der Waals surface area (Å²) in [5, 5.41) is 3.47. The zero-order chi connectivity index (χ0) is 11.4. The van der Waals surface area contributed by atoms with Crippen LogP contribution in [-0.2, 0) is 6.54 Å². The lowest BCUT2D eigenvalue weighted by molar-refractivity contribution is 1.14. The molecule has 0 saturated carbocycles. The fourth-order valence-corrected chi connectivity index (χ4v) is 1.72. The predicted octanol–water partition coefficient (Wildman–Crippen LogP) is 3.92. The second-order valence-corrected chi connectivity index (χ2v) is 4.16. The van der Waals surface area contributed by atoms with Gasteiger partial charge in [0.2, 0.25) is 0 Å². The van der Waals surface area contributed by atoms with Crippen LogP contribution in [-0.4, -0.2) is 0 Å². The summed E-state index contributed by atoms with van der Waals surface area (Å²) in [4.78, 5) is 0. The molecule has 0 bridgehead atoms. The third-order valence-corrected chi connectivity index (χ3v) is 2.72. The lowest BCUT2D eigenvalue weighted by atomic mass is 10.1. The van der Waals surface area contributed by atoms with Gasteiger partial charge in [-0.1, -0.05) is 42.5 Å². The van der Waals surface area contributed by atoms with E-state index in [0.29, 0.717) is 0 Å². The molecule has 2 rings (SSSR count). The lowest BCUT2D eigenvalue weighted by Gasteiger charge is -2.10. The average molecular weight is 211 g/mol. The molecule has 0 aliphatic carbocycles. The molecule has 2 aromatic carbocycles. The predicted molar refractivity (Wildman–Crippen MR) is 69.7 cm³/mol. The van der Waals surface area contributed by atoms with Crippen molar-refractivity contribution in [1.82, 2.24) is 0 Å². The minimum Gasteiger partial charge on any atom is -0.381 e. The van der Waals surface area contributed by atoms with E-state index in [2.05, 4.69) is 61.6 Å². The molecule has 1 N–H and O–H groups in total. The summed E-state index contributed by atoms with van der Waals surface area (Å²) in [7, 11) is 0. The summed E-state index contributed by atoms with van der Waals surface area (Å²) in [6, 6.07) is 16.9. The molecule has 82 valence electrons. The van der Waals surface area contributed by atoms with E-state index in [9.17, 15) is 0 Å². The molecule has 0 amide bonds. The highest BCUT2D eigenvalue weighted by atomic mass is 14.9. The molecular weight excluding hydrogens is 194 g/mol. The van der Waals surface area contributed by atoms with Crippen molar-refractivity contribution in [3.8, 4) is 0 Å². The average Bonchev–Trinajstić information content (AvgIpc) is 2.32. The maximum Gasteiger partial charge on any atom is 0.0400 e. The number of benzene rings is 2. The summed E-state index contributed by atoms with van der Waals surface area (Å²) >= 11 is 0.